The van der Waals surface area contributed by atoms with E-state index < -0.39 is 0 Å². The van der Waals surface area contributed by atoms with Gasteiger partial charge in [-0.25, -0.2) is 0 Å². The lowest BCUT2D eigenvalue weighted by Crippen LogP contribution is -2.34. The third-order valence-electron chi connectivity index (χ3n) is 3.52. The van der Waals surface area contributed by atoms with Gasteiger partial charge in [-0.15, -0.1) is 0 Å². The second kappa shape index (κ2) is 4.87. The lowest BCUT2D eigenvalue weighted by molar-refractivity contribution is -0.130. The zero-order valence-electron chi connectivity index (χ0n) is 10.3. The molecule has 2 rings (SSSR count). The molecule has 0 radical (unpaired) electrons. The monoisotopic (exact) mass is 236 g/mol. The Morgan fingerprint density at radius 2 is 2.41 bits per heavy atom. The molecule has 2 heterocycles. The number of aryl methyl sites for hydroxylation is 1. The van der Waals surface area contributed by atoms with Gasteiger partial charge in [-0.2, -0.15) is 5.10 Å². The van der Waals surface area contributed by atoms with Gasteiger partial charge in [0.1, 0.15) is 0 Å². The number of hydrogen-bond donors (Lipinski definition) is 1. The number of amides is 1. The molecule has 5 heteroatoms. The Morgan fingerprint density at radius 3 is 3.00 bits per heavy atom. The van der Waals surface area contributed by atoms with Gasteiger partial charge in [-0.1, -0.05) is 6.92 Å². The van der Waals surface area contributed by atoms with Crippen molar-refractivity contribution in [1.29, 1.82) is 0 Å². The highest BCUT2D eigenvalue weighted by Gasteiger charge is 2.34. The highest BCUT2D eigenvalue weighted by Crippen LogP contribution is 2.28. The van der Waals surface area contributed by atoms with Crippen molar-refractivity contribution in [3.63, 3.8) is 0 Å². The Morgan fingerprint density at radius 1 is 1.59 bits per heavy atom. The first-order valence-corrected chi connectivity index (χ1v) is 6.08. The highest BCUT2D eigenvalue weighted by atomic mass is 16.2. The van der Waals surface area contributed by atoms with Crippen LogP contribution < -0.4 is 5.73 Å². The molecule has 1 unspecified atom stereocenters. The van der Waals surface area contributed by atoms with E-state index in [0.29, 0.717) is 19.5 Å². The number of nitrogens with zero attached hydrogens (tertiary/aromatic N) is 3. The summed E-state index contributed by atoms with van der Waals surface area (Å²) in [6.45, 7) is 5.08. The Hall–Kier alpha value is -1.36. The topological polar surface area (TPSA) is 64.2 Å². The van der Waals surface area contributed by atoms with Crippen molar-refractivity contribution >= 4 is 5.91 Å². The molecule has 1 amide bonds. The fourth-order valence-corrected chi connectivity index (χ4v) is 2.20. The molecule has 1 aliphatic heterocycles. The molecule has 94 valence electrons. The van der Waals surface area contributed by atoms with E-state index in [4.69, 9.17) is 5.73 Å². The minimum Gasteiger partial charge on any atom is -0.342 e. The molecule has 1 atom stereocenters. The zero-order valence-corrected chi connectivity index (χ0v) is 10.3. The molecule has 17 heavy (non-hydrogen) atoms. The van der Waals surface area contributed by atoms with Gasteiger partial charge in [0.05, 0.1) is 0 Å². The summed E-state index contributed by atoms with van der Waals surface area (Å²) in [4.78, 5) is 13.9. The first kappa shape index (κ1) is 12.1. The molecule has 1 saturated heterocycles. The number of aromatic nitrogens is 2. The molecular formula is C12H20N4O. The average molecular weight is 236 g/mol. The maximum absolute atomic E-state index is 12.0. The molecule has 1 aliphatic rings. The minimum absolute atomic E-state index is 0.112. The largest absolute Gasteiger partial charge is 0.342 e. The van der Waals surface area contributed by atoms with E-state index in [1.54, 1.807) is 10.9 Å². The number of carbonyl (C=O) groups is 1. The quantitative estimate of drug-likeness (QED) is 0.826. The van der Waals surface area contributed by atoms with E-state index >= 15 is 0 Å². The van der Waals surface area contributed by atoms with Gasteiger partial charge in [0.15, 0.2) is 0 Å². The van der Waals surface area contributed by atoms with Crippen molar-refractivity contribution < 1.29 is 4.79 Å². The Kier molecular flexibility index (Phi) is 3.47. The number of carbonyl (C=O) groups excluding carboxylic acids is 1. The minimum atomic E-state index is 0.112. The fourth-order valence-electron chi connectivity index (χ4n) is 2.20. The zero-order chi connectivity index (χ0) is 12.3. The predicted octanol–water partition coefficient (Wildman–Crippen LogP) is 0.471. The first-order valence-electron chi connectivity index (χ1n) is 6.08. The number of nitrogens with two attached hydrogens (primary N) is 1. The maximum atomic E-state index is 12.0. The van der Waals surface area contributed by atoms with Crippen LogP contribution in [0.1, 0.15) is 19.8 Å². The Bertz CT molecular complexity index is 376. The van der Waals surface area contributed by atoms with E-state index in [1.807, 2.05) is 17.2 Å². The van der Waals surface area contributed by atoms with Crippen molar-refractivity contribution in [3.8, 4) is 0 Å². The van der Waals surface area contributed by atoms with Crippen LogP contribution in [0.2, 0.25) is 0 Å². The lowest BCUT2D eigenvalue weighted by Gasteiger charge is -2.22. The van der Waals surface area contributed by atoms with Gasteiger partial charge < -0.3 is 10.6 Å². The molecule has 0 bridgehead atoms. The molecular weight excluding hydrogens is 216 g/mol. The maximum Gasteiger partial charge on any atom is 0.224 e. The average Bonchev–Trinajstić information content (AvgIpc) is 2.96. The van der Waals surface area contributed by atoms with E-state index in [0.717, 1.165) is 19.5 Å². The van der Waals surface area contributed by atoms with Gasteiger partial charge in [0.25, 0.3) is 0 Å². The van der Waals surface area contributed by atoms with E-state index in [1.165, 1.54) is 0 Å². The Balaban J connectivity index is 1.81. The van der Waals surface area contributed by atoms with Crippen LogP contribution in [0, 0.1) is 5.41 Å². The molecule has 1 aromatic heterocycles. The summed E-state index contributed by atoms with van der Waals surface area (Å²) < 4.78 is 1.79. The molecule has 0 aliphatic carbocycles. The van der Waals surface area contributed by atoms with E-state index in [9.17, 15) is 4.79 Å². The molecule has 1 fully saturated rings. The lowest BCUT2D eigenvalue weighted by atomic mass is 9.90. The van der Waals surface area contributed by atoms with Crippen LogP contribution >= 0.6 is 0 Å². The summed E-state index contributed by atoms with van der Waals surface area (Å²) in [5.41, 5.74) is 5.84. The number of rotatable bonds is 4. The molecule has 5 nitrogen and oxygen atoms in total. The van der Waals surface area contributed by atoms with Crippen LogP contribution in [-0.2, 0) is 11.3 Å². The van der Waals surface area contributed by atoms with E-state index in [2.05, 4.69) is 12.0 Å². The molecule has 0 spiro atoms. The highest BCUT2D eigenvalue weighted by molar-refractivity contribution is 5.76. The van der Waals surface area contributed by atoms with Crippen LogP contribution in [0.3, 0.4) is 0 Å². The normalized spacial score (nSPS) is 24.2. The van der Waals surface area contributed by atoms with Crippen LogP contribution in [0.5, 0.6) is 0 Å². The van der Waals surface area contributed by atoms with Gasteiger partial charge in [0, 0.05) is 38.4 Å². The van der Waals surface area contributed by atoms with E-state index in [-0.39, 0.29) is 11.3 Å². The Labute approximate surface area is 102 Å². The van der Waals surface area contributed by atoms with Gasteiger partial charge in [0.2, 0.25) is 5.91 Å². The smallest absolute Gasteiger partial charge is 0.224 e. The molecule has 1 aromatic rings. The van der Waals surface area contributed by atoms with Crippen LogP contribution in [-0.4, -0.2) is 40.2 Å². The van der Waals surface area contributed by atoms with Gasteiger partial charge in [-0.3, -0.25) is 9.48 Å². The summed E-state index contributed by atoms with van der Waals surface area (Å²) in [6, 6.07) is 1.87. The van der Waals surface area contributed by atoms with Gasteiger partial charge >= 0.3 is 0 Å². The molecule has 2 N–H and O–H groups in total. The third kappa shape index (κ3) is 2.85. The van der Waals surface area contributed by atoms with Gasteiger partial charge in [-0.05, 0) is 24.4 Å². The van der Waals surface area contributed by atoms with Crippen LogP contribution in [0.25, 0.3) is 0 Å². The second-order valence-electron chi connectivity index (χ2n) is 5.10. The summed E-state index contributed by atoms with van der Waals surface area (Å²) in [5, 5.41) is 4.09. The van der Waals surface area contributed by atoms with Crippen LogP contribution in [0.15, 0.2) is 18.5 Å². The van der Waals surface area contributed by atoms with Crippen molar-refractivity contribution in [1.82, 2.24) is 14.7 Å². The summed E-state index contributed by atoms with van der Waals surface area (Å²) >= 11 is 0. The molecule has 0 saturated carbocycles. The predicted molar refractivity (Wildman–Crippen MR) is 65.2 cm³/mol. The second-order valence-corrected chi connectivity index (χ2v) is 5.10. The van der Waals surface area contributed by atoms with Crippen molar-refractivity contribution in [2.75, 3.05) is 19.6 Å². The van der Waals surface area contributed by atoms with Crippen molar-refractivity contribution in [2.45, 2.75) is 26.3 Å². The number of hydrogen-bond acceptors (Lipinski definition) is 3. The third-order valence-corrected chi connectivity index (χ3v) is 3.52. The number of likely N-dealkylation sites (tertiary alicyclic amines) is 1. The summed E-state index contributed by atoms with van der Waals surface area (Å²) in [5.74, 6) is 0.206. The first-order chi connectivity index (χ1) is 8.13. The summed E-state index contributed by atoms with van der Waals surface area (Å²) in [7, 11) is 0. The van der Waals surface area contributed by atoms with Crippen molar-refractivity contribution in [3.05, 3.63) is 18.5 Å². The SMILES string of the molecule is CC1(CN)CCN(C(=O)CCn2cccn2)C1. The summed E-state index contributed by atoms with van der Waals surface area (Å²) in [6.07, 6.45) is 5.13. The standard InChI is InChI=1S/C12H20N4O/c1-12(9-13)4-8-15(10-12)11(17)3-7-16-6-2-5-14-16/h2,5-6H,3-4,7-10,13H2,1H3. The van der Waals surface area contributed by atoms with Crippen molar-refractivity contribution in [2.24, 2.45) is 11.1 Å². The fraction of sp³-hybridized carbons (Fsp3) is 0.667. The van der Waals surface area contributed by atoms with Crippen LogP contribution in [0.4, 0.5) is 0 Å². The molecule has 0 aromatic carbocycles.